The third kappa shape index (κ3) is 4.66. The monoisotopic (exact) mass is 492 g/mol. The summed E-state index contributed by atoms with van der Waals surface area (Å²) in [6.07, 6.45) is 9.03. The van der Waals surface area contributed by atoms with Gasteiger partial charge in [0.2, 0.25) is 0 Å². The fourth-order valence-corrected chi connectivity index (χ4v) is 7.89. The highest BCUT2D eigenvalue weighted by atomic mass is 16.7. The van der Waals surface area contributed by atoms with Crippen LogP contribution in [0.4, 0.5) is 0 Å². The van der Waals surface area contributed by atoms with Gasteiger partial charge in [-0.25, -0.2) is 0 Å². The van der Waals surface area contributed by atoms with Gasteiger partial charge in [-0.15, -0.1) is 0 Å². The maximum atomic E-state index is 6.55. The molecule has 2 bridgehead atoms. The molecule has 3 saturated heterocycles. The second kappa shape index (κ2) is 9.60. The van der Waals surface area contributed by atoms with Crippen molar-refractivity contribution in [3.63, 3.8) is 0 Å². The summed E-state index contributed by atoms with van der Waals surface area (Å²) >= 11 is 0. The quantitative estimate of drug-likeness (QED) is 0.360. The lowest BCUT2D eigenvalue weighted by Crippen LogP contribution is -2.48. The summed E-state index contributed by atoms with van der Waals surface area (Å²) in [6, 6.07) is 8.12. The molecule has 0 spiro atoms. The first-order valence-corrected chi connectivity index (χ1v) is 14.7. The second-order valence-electron chi connectivity index (χ2n) is 14.1. The number of benzene rings is 1. The van der Waals surface area contributed by atoms with Gasteiger partial charge in [0.05, 0.1) is 11.2 Å². The molecule has 4 heterocycles. The Bertz CT molecular complexity index is 898. The third-order valence-corrected chi connectivity index (χ3v) is 10.7. The van der Waals surface area contributed by atoms with Crippen molar-refractivity contribution in [2.24, 2.45) is 5.92 Å². The molecule has 0 saturated carbocycles. The first-order valence-electron chi connectivity index (χ1n) is 14.7. The molecule has 4 atom stereocenters. The van der Waals surface area contributed by atoms with E-state index in [1.807, 2.05) is 24.3 Å². The predicted molar refractivity (Wildman–Crippen MR) is 151 cm³/mol. The van der Waals surface area contributed by atoms with E-state index in [0.717, 1.165) is 36.3 Å². The maximum absolute atomic E-state index is 6.55. The largest absolute Gasteiger partial charge is 0.601 e. The summed E-state index contributed by atoms with van der Waals surface area (Å²) in [5, 5.41) is -0.0144. The molecule has 5 rings (SSSR count). The van der Waals surface area contributed by atoms with Crippen LogP contribution in [0.3, 0.4) is 0 Å². The summed E-state index contributed by atoms with van der Waals surface area (Å²) in [5.41, 5.74) is -0.477. The van der Waals surface area contributed by atoms with Crippen molar-refractivity contribution in [3.05, 3.63) is 24.3 Å². The molecular weight excluding hydrogens is 445 g/mol. The highest BCUT2D eigenvalue weighted by Crippen LogP contribution is 2.60. The van der Waals surface area contributed by atoms with Crippen molar-refractivity contribution in [1.29, 1.82) is 0 Å². The van der Waals surface area contributed by atoms with Gasteiger partial charge in [-0.3, -0.25) is 0 Å². The Kier molecular flexibility index (Phi) is 7.07. The summed E-state index contributed by atoms with van der Waals surface area (Å²) < 4.78 is 25.6. The molecule has 4 aliphatic heterocycles. The number of para-hydroxylation sites is 2. The van der Waals surface area contributed by atoms with Crippen LogP contribution < -0.4 is 9.31 Å². The fourth-order valence-electron chi connectivity index (χ4n) is 7.89. The molecule has 4 unspecified atom stereocenters. The molecular formula is C29H47B3O4. The van der Waals surface area contributed by atoms with Gasteiger partial charge in [0.1, 0.15) is 18.2 Å². The Labute approximate surface area is 221 Å². The summed E-state index contributed by atoms with van der Waals surface area (Å²) in [4.78, 5) is 0. The molecule has 7 heteroatoms. The van der Waals surface area contributed by atoms with E-state index in [0.29, 0.717) is 17.6 Å². The third-order valence-electron chi connectivity index (χ3n) is 10.7. The van der Waals surface area contributed by atoms with Gasteiger partial charge >= 0.3 is 14.2 Å². The molecule has 0 aromatic heterocycles. The highest BCUT2D eigenvalue weighted by Gasteiger charge is 2.57. The first kappa shape index (κ1) is 26.5. The minimum atomic E-state index is -0.252. The van der Waals surface area contributed by atoms with Gasteiger partial charge in [0, 0.05) is 5.31 Å². The Morgan fingerprint density at radius 2 is 1.53 bits per heavy atom. The van der Waals surface area contributed by atoms with Crippen LogP contribution in [0.5, 0.6) is 11.5 Å². The molecule has 196 valence electrons. The van der Waals surface area contributed by atoms with Gasteiger partial charge in [-0.1, -0.05) is 103 Å². The first-order chi connectivity index (χ1) is 16.9. The van der Waals surface area contributed by atoms with E-state index in [4.69, 9.17) is 18.6 Å². The minimum Gasteiger partial charge on any atom is -0.523 e. The molecule has 0 aliphatic carbocycles. The van der Waals surface area contributed by atoms with Gasteiger partial charge in [0.25, 0.3) is 0 Å². The van der Waals surface area contributed by atoms with Crippen molar-refractivity contribution in [1.82, 2.24) is 0 Å². The van der Waals surface area contributed by atoms with Crippen LogP contribution in [0.15, 0.2) is 24.3 Å². The molecule has 1 aromatic rings. The lowest BCUT2D eigenvalue weighted by Gasteiger charge is -2.50. The second-order valence-corrected chi connectivity index (χ2v) is 14.1. The van der Waals surface area contributed by atoms with Crippen molar-refractivity contribution < 1.29 is 18.6 Å². The van der Waals surface area contributed by atoms with Gasteiger partial charge in [-0.05, 0) is 51.1 Å². The minimum absolute atomic E-state index is 0.0144. The number of hydrogen-bond donors (Lipinski definition) is 0. The Morgan fingerprint density at radius 3 is 2.06 bits per heavy atom. The van der Waals surface area contributed by atoms with Crippen LogP contribution in [0.2, 0.25) is 28.6 Å². The van der Waals surface area contributed by atoms with E-state index in [9.17, 15) is 0 Å². The number of fused-ring (bicyclic) bond motifs is 3. The molecule has 0 amide bonds. The fraction of sp³-hybridized carbons (Fsp3) is 0.793. The Morgan fingerprint density at radius 1 is 0.944 bits per heavy atom. The van der Waals surface area contributed by atoms with Crippen LogP contribution in [0.1, 0.15) is 100 Å². The van der Waals surface area contributed by atoms with Crippen molar-refractivity contribution in [2.45, 2.75) is 140 Å². The van der Waals surface area contributed by atoms with Crippen LogP contribution in [0.25, 0.3) is 0 Å². The standard InChI is InChI=1S/C29H47B3O4/c1-20(2)31-35-28(6,7)29(8,36-31)17-16-21(3)30-23-12-11-13-24(30)19-22(18-23)27(4,5)32-33-25-14-9-10-15-26(25)34-32/h9-10,14-15,20-24H,11-13,16-19H2,1-8H3. The molecule has 4 aliphatic rings. The SMILES string of the molecule is CC(C)B1OC(C)(C)C(C)(CCC(C)B2C3CCCC2CC(C(C)(C)B2Oc4ccccc4O2)C3)O1. The average Bonchev–Trinajstić information content (AvgIpc) is 3.36. The van der Waals surface area contributed by atoms with E-state index in [1.165, 1.54) is 38.5 Å². The van der Waals surface area contributed by atoms with Crippen molar-refractivity contribution >= 4 is 20.9 Å². The van der Waals surface area contributed by atoms with Crippen LogP contribution in [-0.2, 0) is 9.31 Å². The zero-order valence-corrected chi connectivity index (χ0v) is 24.0. The number of hydrogen-bond acceptors (Lipinski definition) is 4. The Balaban J connectivity index is 1.23. The van der Waals surface area contributed by atoms with Crippen LogP contribution in [0, 0.1) is 5.92 Å². The van der Waals surface area contributed by atoms with Crippen LogP contribution >= 0.6 is 0 Å². The van der Waals surface area contributed by atoms with E-state index in [1.54, 1.807) is 0 Å². The van der Waals surface area contributed by atoms with E-state index < -0.39 is 0 Å². The molecule has 0 N–H and O–H groups in total. The number of rotatable bonds is 7. The van der Waals surface area contributed by atoms with E-state index >= 15 is 0 Å². The van der Waals surface area contributed by atoms with Gasteiger partial charge < -0.3 is 18.6 Å². The summed E-state index contributed by atoms with van der Waals surface area (Å²) in [7, 11) is -0.284. The lowest BCUT2D eigenvalue weighted by atomic mass is 9.20. The highest BCUT2D eigenvalue weighted by molar-refractivity contribution is 6.64. The summed E-state index contributed by atoms with van der Waals surface area (Å²) in [5.74, 6) is 5.13. The zero-order valence-electron chi connectivity index (χ0n) is 24.0. The average molecular weight is 492 g/mol. The predicted octanol–water partition coefficient (Wildman–Crippen LogP) is 8.21. The molecule has 1 aromatic carbocycles. The topological polar surface area (TPSA) is 36.9 Å². The molecule has 3 fully saturated rings. The normalized spacial score (nSPS) is 32.4. The zero-order chi connectivity index (χ0) is 25.9. The van der Waals surface area contributed by atoms with Gasteiger partial charge in [-0.2, -0.15) is 0 Å². The van der Waals surface area contributed by atoms with E-state index in [-0.39, 0.29) is 30.8 Å². The molecule has 36 heavy (non-hydrogen) atoms. The van der Waals surface area contributed by atoms with Gasteiger partial charge in [0.15, 0.2) is 0 Å². The van der Waals surface area contributed by atoms with Crippen molar-refractivity contribution in [3.8, 4) is 11.5 Å². The smallest absolute Gasteiger partial charge is 0.523 e. The molecule has 0 radical (unpaired) electrons. The Hall–Kier alpha value is -1.07. The molecule has 4 nitrogen and oxygen atoms in total. The summed E-state index contributed by atoms with van der Waals surface area (Å²) in [6.45, 7) is 19.2. The van der Waals surface area contributed by atoms with Crippen molar-refractivity contribution in [2.75, 3.05) is 0 Å². The van der Waals surface area contributed by atoms with Crippen LogP contribution in [-0.4, -0.2) is 32.2 Å². The lowest BCUT2D eigenvalue weighted by molar-refractivity contribution is -0.0170. The van der Waals surface area contributed by atoms with E-state index in [2.05, 4.69) is 55.4 Å². The maximum Gasteiger partial charge on any atom is 0.601 e.